The van der Waals surface area contributed by atoms with Crippen LogP contribution in [-0.2, 0) is 11.3 Å². The molecule has 1 amide bonds. The number of carbonyl (C=O) groups is 1. The van der Waals surface area contributed by atoms with E-state index in [1.807, 2.05) is 48.2 Å². The standard InChI is InChI=1S/C16H21NO2/c1-2-8-15-11-6-7-12-17(15)16(18)19-13-14-9-4-3-5-10-14/h2-5,8-10,15H,6-7,11-13H2,1H3/b8-2+/t15-/m1/s1. The van der Waals surface area contributed by atoms with Crippen LogP contribution in [0.3, 0.4) is 0 Å². The summed E-state index contributed by atoms with van der Waals surface area (Å²) in [6.07, 6.45) is 7.17. The van der Waals surface area contributed by atoms with E-state index in [9.17, 15) is 4.79 Å². The van der Waals surface area contributed by atoms with Crippen molar-refractivity contribution >= 4 is 6.09 Å². The van der Waals surface area contributed by atoms with E-state index < -0.39 is 0 Å². The maximum atomic E-state index is 12.1. The van der Waals surface area contributed by atoms with Crippen molar-refractivity contribution in [2.24, 2.45) is 0 Å². The number of hydrogen-bond donors (Lipinski definition) is 0. The van der Waals surface area contributed by atoms with Gasteiger partial charge >= 0.3 is 6.09 Å². The van der Waals surface area contributed by atoms with Crippen LogP contribution in [0.15, 0.2) is 42.5 Å². The van der Waals surface area contributed by atoms with Crippen LogP contribution in [0.2, 0.25) is 0 Å². The van der Waals surface area contributed by atoms with E-state index in [0.717, 1.165) is 24.9 Å². The minimum absolute atomic E-state index is 0.196. The number of carbonyl (C=O) groups excluding carboxylic acids is 1. The molecule has 0 saturated carbocycles. The maximum Gasteiger partial charge on any atom is 0.410 e. The zero-order valence-electron chi connectivity index (χ0n) is 11.4. The molecule has 3 nitrogen and oxygen atoms in total. The predicted molar refractivity (Wildman–Crippen MR) is 75.8 cm³/mol. The summed E-state index contributed by atoms with van der Waals surface area (Å²) in [6, 6.07) is 9.99. The van der Waals surface area contributed by atoms with Crippen LogP contribution in [0.4, 0.5) is 4.79 Å². The molecule has 2 rings (SSSR count). The SMILES string of the molecule is C/C=C/[C@@H]1CCCCN1C(=O)OCc1ccccc1. The van der Waals surface area contributed by atoms with Crippen LogP contribution in [-0.4, -0.2) is 23.6 Å². The van der Waals surface area contributed by atoms with Gasteiger partial charge < -0.3 is 9.64 Å². The molecule has 0 aromatic heterocycles. The summed E-state index contributed by atoms with van der Waals surface area (Å²) in [6.45, 7) is 3.13. The number of likely N-dealkylation sites (tertiary alicyclic amines) is 1. The van der Waals surface area contributed by atoms with Gasteiger partial charge in [-0.3, -0.25) is 0 Å². The van der Waals surface area contributed by atoms with Gasteiger partial charge in [-0.15, -0.1) is 0 Å². The molecule has 0 N–H and O–H groups in total. The number of rotatable bonds is 3. The summed E-state index contributed by atoms with van der Waals surface area (Å²) in [4.78, 5) is 14.0. The van der Waals surface area contributed by atoms with Gasteiger partial charge in [0.25, 0.3) is 0 Å². The maximum absolute atomic E-state index is 12.1. The van der Waals surface area contributed by atoms with Crippen molar-refractivity contribution in [3.63, 3.8) is 0 Å². The zero-order valence-corrected chi connectivity index (χ0v) is 11.4. The topological polar surface area (TPSA) is 29.5 Å². The molecule has 1 aliphatic rings. The second-order valence-corrected chi connectivity index (χ2v) is 4.82. The first-order chi connectivity index (χ1) is 9.31. The molecule has 0 aliphatic carbocycles. The molecule has 1 aromatic rings. The van der Waals surface area contributed by atoms with Crippen LogP contribution < -0.4 is 0 Å². The lowest BCUT2D eigenvalue weighted by Crippen LogP contribution is -2.42. The van der Waals surface area contributed by atoms with E-state index in [2.05, 4.69) is 6.08 Å². The highest BCUT2D eigenvalue weighted by molar-refractivity contribution is 5.68. The van der Waals surface area contributed by atoms with E-state index in [1.54, 1.807) is 0 Å². The van der Waals surface area contributed by atoms with E-state index in [1.165, 1.54) is 6.42 Å². The third-order valence-electron chi connectivity index (χ3n) is 3.40. The lowest BCUT2D eigenvalue weighted by Gasteiger charge is -2.33. The molecule has 1 aliphatic heterocycles. The molecule has 19 heavy (non-hydrogen) atoms. The lowest BCUT2D eigenvalue weighted by atomic mass is 10.0. The summed E-state index contributed by atoms with van der Waals surface area (Å²) >= 11 is 0. The van der Waals surface area contributed by atoms with Crippen LogP contribution in [0.25, 0.3) is 0 Å². The van der Waals surface area contributed by atoms with Crippen molar-refractivity contribution in [2.45, 2.75) is 38.8 Å². The average molecular weight is 259 g/mol. The number of piperidine rings is 1. The second kappa shape index (κ2) is 6.98. The number of hydrogen-bond acceptors (Lipinski definition) is 2. The smallest absolute Gasteiger partial charge is 0.410 e. The molecule has 1 saturated heterocycles. The van der Waals surface area contributed by atoms with Gasteiger partial charge in [-0.05, 0) is 31.7 Å². The molecule has 1 heterocycles. The summed E-state index contributed by atoms with van der Waals surface area (Å²) in [5, 5.41) is 0. The highest BCUT2D eigenvalue weighted by atomic mass is 16.6. The Hall–Kier alpha value is -1.77. The molecule has 0 radical (unpaired) electrons. The first-order valence-electron chi connectivity index (χ1n) is 6.91. The molecular formula is C16H21NO2. The fourth-order valence-corrected chi connectivity index (χ4v) is 2.41. The number of nitrogens with zero attached hydrogens (tertiary/aromatic N) is 1. The van der Waals surface area contributed by atoms with Gasteiger partial charge in [0.1, 0.15) is 6.61 Å². The number of ether oxygens (including phenoxy) is 1. The molecule has 0 spiro atoms. The summed E-state index contributed by atoms with van der Waals surface area (Å²) in [7, 11) is 0. The largest absolute Gasteiger partial charge is 0.445 e. The second-order valence-electron chi connectivity index (χ2n) is 4.82. The van der Waals surface area contributed by atoms with Crippen molar-refractivity contribution in [3.8, 4) is 0 Å². The van der Waals surface area contributed by atoms with E-state index in [4.69, 9.17) is 4.74 Å². The van der Waals surface area contributed by atoms with Crippen LogP contribution in [0.5, 0.6) is 0 Å². The first-order valence-corrected chi connectivity index (χ1v) is 6.91. The van der Waals surface area contributed by atoms with Gasteiger partial charge in [-0.25, -0.2) is 4.79 Å². The molecule has 1 atom stereocenters. The van der Waals surface area contributed by atoms with Gasteiger partial charge in [0.05, 0.1) is 6.04 Å². The van der Waals surface area contributed by atoms with Crippen LogP contribution in [0, 0.1) is 0 Å². The zero-order chi connectivity index (χ0) is 13.5. The summed E-state index contributed by atoms with van der Waals surface area (Å²) in [5.74, 6) is 0. The molecular weight excluding hydrogens is 238 g/mol. The van der Waals surface area contributed by atoms with Crippen LogP contribution >= 0.6 is 0 Å². The number of amides is 1. The normalized spacial score (nSPS) is 19.6. The van der Waals surface area contributed by atoms with E-state index in [-0.39, 0.29) is 12.1 Å². The third-order valence-corrected chi connectivity index (χ3v) is 3.40. The Morgan fingerprint density at radius 1 is 1.37 bits per heavy atom. The monoisotopic (exact) mass is 259 g/mol. The summed E-state index contributed by atoms with van der Waals surface area (Å²) in [5.41, 5.74) is 1.02. The Morgan fingerprint density at radius 2 is 2.16 bits per heavy atom. The molecule has 1 aromatic carbocycles. The Labute approximate surface area is 114 Å². The number of benzene rings is 1. The molecule has 3 heteroatoms. The summed E-state index contributed by atoms with van der Waals surface area (Å²) < 4.78 is 5.40. The quantitative estimate of drug-likeness (QED) is 0.774. The third kappa shape index (κ3) is 3.85. The minimum Gasteiger partial charge on any atom is -0.445 e. The Kier molecular flexibility index (Phi) is 5.01. The molecule has 0 unspecified atom stereocenters. The van der Waals surface area contributed by atoms with E-state index >= 15 is 0 Å². The minimum atomic E-state index is -0.202. The van der Waals surface area contributed by atoms with Gasteiger partial charge in [-0.2, -0.15) is 0 Å². The van der Waals surface area contributed by atoms with Crippen molar-refractivity contribution in [1.29, 1.82) is 0 Å². The van der Waals surface area contributed by atoms with Crippen molar-refractivity contribution in [2.75, 3.05) is 6.54 Å². The van der Waals surface area contributed by atoms with Gasteiger partial charge in [0.2, 0.25) is 0 Å². The van der Waals surface area contributed by atoms with Crippen molar-refractivity contribution in [1.82, 2.24) is 4.90 Å². The fraction of sp³-hybridized carbons (Fsp3) is 0.438. The molecule has 102 valence electrons. The highest BCUT2D eigenvalue weighted by Crippen LogP contribution is 2.19. The Morgan fingerprint density at radius 3 is 2.89 bits per heavy atom. The van der Waals surface area contributed by atoms with Gasteiger partial charge in [0.15, 0.2) is 0 Å². The van der Waals surface area contributed by atoms with Crippen LogP contribution in [0.1, 0.15) is 31.7 Å². The molecule has 1 fully saturated rings. The Bertz CT molecular complexity index is 428. The average Bonchev–Trinajstić information content (AvgIpc) is 2.47. The number of allylic oxidation sites excluding steroid dienone is 1. The predicted octanol–water partition coefficient (Wildman–Crippen LogP) is 3.75. The van der Waals surface area contributed by atoms with Crippen molar-refractivity contribution in [3.05, 3.63) is 48.0 Å². The van der Waals surface area contributed by atoms with Crippen molar-refractivity contribution < 1.29 is 9.53 Å². The first kappa shape index (κ1) is 13.7. The fourth-order valence-electron chi connectivity index (χ4n) is 2.41. The van der Waals surface area contributed by atoms with E-state index in [0.29, 0.717) is 6.61 Å². The van der Waals surface area contributed by atoms with Gasteiger partial charge in [0, 0.05) is 6.54 Å². The molecule has 0 bridgehead atoms. The lowest BCUT2D eigenvalue weighted by molar-refractivity contribution is 0.0775. The Balaban J connectivity index is 1.91. The highest BCUT2D eigenvalue weighted by Gasteiger charge is 2.25. The van der Waals surface area contributed by atoms with Gasteiger partial charge in [-0.1, -0.05) is 42.5 Å².